The van der Waals surface area contributed by atoms with Crippen LogP contribution >= 0.6 is 0 Å². The zero-order valence-corrected chi connectivity index (χ0v) is 20.4. The molecule has 0 aliphatic carbocycles. The van der Waals surface area contributed by atoms with Crippen LogP contribution in [0.1, 0.15) is 0 Å². The van der Waals surface area contributed by atoms with E-state index in [1.807, 2.05) is 121 Å². The summed E-state index contributed by atoms with van der Waals surface area (Å²) in [5, 5.41) is 17.5. The summed E-state index contributed by atoms with van der Waals surface area (Å²) in [6.45, 7) is 0. The van der Waals surface area contributed by atoms with E-state index in [9.17, 15) is 9.59 Å². The summed E-state index contributed by atoms with van der Waals surface area (Å²) in [6, 6.07) is 37.9. The van der Waals surface area contributed by atoms with Crippen LogP contribution in [0.2, 0.25) is 0 Å². The Bertz CT molecular complexity index is 1680. The molecule has 0 saturated heterocycles. The van der Waals surface area contributed by atoms with E-state index < -0.39 is 0 Å². The van der Waals surface area contributed by atoms with Crippen molar-refractivity contribution in [3.63, 3.8) is 0 Å². The van der Waals surface area contributed by atoms with Crippen molar-refractivity contribution in [3.05, 3.63) is 121 Å². The lowest BCUT2D eigenvalue weighted by atomic mass is 10.1. The van der Waals surface area contributed by atoms with E-state index in [0.717, 1.165) is 43.7 Å². The van der Waals surface area contributed by atoms with Gasteiger partial charge >= 0.3 is 12.1 Å². The molecule has 0 saturated carbocycles. The van der Waals surface area contributed by atoms with Crippen LogP contribution < -0.4 is 21.3 Å². The summed E-state index contributed by atoms with van der Waals surface area (Å²) in [5.74, 6) is 0. The normalized spacial score (nSPS) is 10.8. The third-order valence-electron chi connectivity index (χ3n) is 6.49. The number of anilines is 4. The monoisotopic (exact) mass is 496 g/mol. The lowest BCUT2D eigenvalue weighted by Crippen LogP contribution is -2.20. The van der Waals surface area contributed by atoms with E-state index in [-0.39, 0.29) is 12.1 Å². The number of urea groups is 2. The molecule has 6 rings (SSSR count). The summed E-state index contributed by atoms with van der Waals surface area (Å²) in [4.78, 5) is 25.9. The Morgan fingerprint density at radius 1 is 0.342 bits per heavy atom. The molecule has 0 aliphatic heterocycles. The fraction of sp³-hybridized carbons (Fsp3) is 0. The van der Waals surface area contributed by atoms with Gasteiger partial charge in [0.05, 0.1) is 22.7 Å². The topological polar surface area (TPSA) is 82.3 Å². The molecule has 0 atom stereocenters. The third kappa shape index (κ3) is 4.58. The molecule has 38 heavy (non-hydrogen) atoms. The largest absolute Gasteiger partial charge is 0.323 e. The van der Waals surface area contributed by atoms with Crippen LogP contribution in [0.3, 0.4) is 0 Å². The van der Waals surface area contributed by atoms with Crippen molar-refractivity contribution in [3.8, 4) is 0 Å². The molecule has 6 aromatic carbocycles. The van der Waals surface area contributed by atoms with Gasteiger partial charge < -0.3 is 21.3 Å². The van der Waals surface area contributed by atoms with E-state index in [1.54, 1.807) is 0 Å². The Morgan fingerprint density at radius 3 is 1.05 bits per heavy atom. The predicted octanol–water partition coefficient (Wildman–Crippen LogP) is 8.43. The first kappa shape index (κ1) is 23.1. The van der Waals surface area contributed by atoms with E-state index in [0.29, 0.717) is 11.4 Å². The molecule has 4 amide bonds. The summed E-state index contributed by atoms with van der Waals surface area (Å²) >= 11 is 0. The highest BCUT2D eigenvalue weighted by molar-refractivity contribution is 6.14. The quantitative estimate of drug-likeness (QED) is 0.197. The van der Waals surface area contributed by atoms with Crippen molar-refractivity contribution in [2.45, 2.75) is 0 Å². The van der Waals surface area contributed by atoms with Gasteiger partial charge in [0, 0.05) is 21.5 Å². The minimum Gasteiger partial charge on any atom is -0.307 e. The van der Waals surface area contributed by atoms with Gasteiger partial charge in [0.25, 0.3) is 0 Å². The van der Waals surface area contributed by atoms with Crippen LogP contribution in [0.15, 0.2) is 121 Å². The van der Waals surface area contributed by atoms with E-state index in [1.165, 1.54) is 0 Å². The summed E-state index contributed by atoms with van der Waals surface area (Å²) in [6.07, 6.45) is 0. The first-order valence-corrected chi connectivity index (χ1v) is 12.3. The van der Waals surface area contributed by atoms with Crippen LogP contribution in [0.5, 0.6) is 0 Å². The number of hydrogen-bond donors (Lipinski definition) is 4. The molecule has 6 nitrogen and oxygen atoms in total. The minimum absolute atomic E-state index is 0.346. The molecule has 0 aromatic heterocycles. The molecule has 184 valence electrons. The van der Waals surface area contributed by atoms with Crippen LogP contribution in [-0.4, -0.2) is 12.1 Å². The lowest BCUT2D eigenvalue weighted by Gasteiger charge is -2.14. The molecular weight excluding hydrogens is 472 g/mol. The molecule has 0 spiro atoms. The van der Waals surface area contributed by atoms with Crippen LogP contribution in [0.4, 0.5) is 32.3 Å². The van der Waals surface area contributed by atoms with Gasteiger partial charge in [-0.05, 0) is 35.0 Å². The van der Waals surface area contributed by atoms with Gasteiger partial charge in [-0.15, -0.1) is 0 Å². The Balaban J connectivity index is 1.22. The number of hydrogen-bond acceptors (Lipinski definition) is 2. The standard InChI is InChI=1S/C32H24N4O2/c37-31(33-27-17-5-11-21-9-1-3-13-23(21)27)35-29-19-7-16-26-25(29)15-8-20-30(26)36-32(38)34-28-18-6-12-22-10-2-4-14-24(22)28/h1-20H,(H2,33,35,37)(H2,34,36,38). The second kappa shape index (κ2) is 9.95. The molecule has 6 aromatic rings. The van der Waals surface area contributed by atoms with Gasteiger partial charge in [0.1, 0.15) is 0 Å². The lowest BCUT2D eigenvalue weighted by molar-refractivity contribution is 0.261. The third-order valence-corrected chi connectivity index (χ3v) is 6.49. The zero-order valence-electron chi connectivity index (χ0n) is 20.4. The zero-order chi connectivity index (χ0) is 25.9. The maximum Gasteiger partial charge on any atom is 0.323 e. The van der Waals surface area contributed by atoms with Gasteiger partial charge in [-0.1, -0.05) is 97.1 Å². The van der Waals surface area contributed by atoms with Gasteiger partial charge in [0.15, 0.2) is 0 Å². The molecule has 4 N–H and O–H groups in total. The Hall–Kier alpha value is -5.36. The second-order valence-electron chi connectivity index (χ2n) is 8.92. The maximum atomic E-state index is 12.9. The van der Waals surface area contributed by atoms with Crippen molar-refractivity contribution < 1.29 is 9.59 Å². The van der Waals surface area contributed by atoms with E-state index in [2.05, 4.69) is 21.3 Å². The highest BCUT2D eigenvalue weighted by Gasteiger charge is 2.12. The van der Waals surface area contributed by atoms with Crippen LogP contribution in [-0.2, 0) is 0 Å². The fourth-order valence-corrected chi connectivity index (χ4v) is 4.75. The van der Waals surface area contributed by atoms with Gasteiger partial charge in [0.2, 0.25) is 0 Å². The second-order valence-corrected chi connectivity index (χ2v) is 8.92. The molecule has 0 heterocycles. The summed E-state index contributed by atoms with van der Waals surface area (Å²) in [7, 11) is 0. The highest BCUT2D eigenvalue weighted by Crippen LogP contribution is 2.30. The van der Waals surface area contributed by atoms with E-state index >= 15 is 0 Å². The fourth-order valence-electron chi connectivity index (χ4n) is 4.75. The number of carbonyl (C=O) groups is 2. The molecule has 6 heteroatoms. The van der Waals surface area contributed by atoms with Crippen molar-refractivity contribution in [1.82, 2.24) is 0 Å². The van der Waals surface area contributed by atoms with Gasteiger partial charge in [-0.2, -0.15) is 0 Å². The minimum atomic E-state index is -0.346. The number of carbonyl (C=O) groups excluding carboxylic acids is 2. The average molecular weight is 497 g/mol. The first-order valence-electron chi connectivity index (χ1n) is 12.3. The SMILES string of the molecule is O=C(Nc1cccc2ccccc12)Nc1cccc2c(NC(=O)Nc3cccc4ccccc34)cccc12. The Kier molecular flexibility index (Phi) is 6.04. The number of rotatable bonds is 4. The Labute approximate surface area is 219 Å². The van der Waals surface area contributed by atoms with Crippen molar-refractivity contribution >= 4 is 67.1 Å². The maximum absolute atomic E-state index is 12.9. The molecule has 0 aliphatic rings. The average Bonchev–Trinajstić information content (AvgIpc) is 2.94. The number of nitrogens with one attached hydrogen (secondary N) is 4. The van der Waals surface area contributed by atoms with Gasteiger partial charge in [-0.25, -0.2) is 9.59 Å². The molecule has 0 fully saturated rings. The Morgan fingerprint density at radius 2 is 0.632 bits per heavy atom. The summed E-state index contributed by atoms with van der Waals surface area (Å²) in [5.41, 5.74) is 2.73. The molecule has 0 unspecified atom stereocenters. The summed E-state index contributed by atoms with van der Waals surface area (Å²) < 4.78 is 0. The van der Waals surface area contributed by atoms with Crippen molar-refractivity contribution in [2.24, 2.45) is 0 Å². The van der Waals surface area contributed by atoms with E-state index in [4.69, 9.17) is 0 Å². The molecular formula is C32H24N4O2. The van der Waals surface area contributed by atoms with Gasteiger partial charge in [-0.3, -0.25) is 0 Å². The smallest absolute Gasteiger partial charge is 0.307 e. The van der Waals surface area contributed by atoms with Crippen LogP contribution in [0.25, 0.3) is 32.3 Å². The molecule has 0 radical (unpaired) electrons. The number of amides is 4. The number of fused-ring (bicyclic) bond motifs is 3. The van der Waals surface area contributed by atoms with Crippen molar-refractivity contribution in [1.29, 1.82) is 0 Å². The molecule has 0 bridgehead atoms. The number of benzene rings is 6. The van der Waals surface area contributed by atoms with Crippen LogP contribution in [0, 0.1) is 0 Å². The predicted molar refractivity (Wildman–Crippen MR) is 157 cm³/mol. The van der Waals surface area contributed by atoms with Crippen molar-refractivity contribution in [2.75, 3.05) is 21.3 Å². The highest BCUT2D eigenvalue weighted by atomic mass is 16.2. The first-order chi connectivity index (χ1) is 18.7.